The van der Waals surface area contributed by atoms with E-state index in [1.54, 1.807) is 0 Å². The van der Waals surface area contributed by atoms with Gasteiger partial charge in [-0.05, 0) is 18.2 Å². The second kappa shape index (κ2) is 6.08. The van der Waals surface area contributed by atoms with Crippen LogP contribution >= 0.6 is 15.9 Å². The maximum absolute atomic E-state index is 12.7. The van der Waals surface area contributed by atoms with Crippen molar-refractivity contribution < 1.29 is 18.0 Å². The highest BCUT2D eigenvalue weighted by molar-refractivity contribution is 9.10. The normalized spacial score (nSPS) is 11.2. The lowest BCUT2D eigenvalue weighted by Crippen LogP contribution is -2.21. The first kappa shape index (κ1) is 14.8. The molecule has 0 unspecified atom stereocenters. The summed E-state index contributed by atoms with van der Waals surface area (Å²) >= 11 is 3.00. The number of hydrogen-bond acceptors (Lipinski definition) is 2. The molecule has 2 N–H and O–H groups in total. The van der Waals surface area contributed by atoms with E-state index in [0.29, 0.717) is 4.47 Å². The Morgan fingerprint density at radius 1 is 1.39 bits per heavy atom. The van der Waals surface area contributed by atoms with Gasteiger partial charge in [0, 0.05) is 30.2 Å². The zero-order chi connectivity index (χ0) is 13.8. The minimum absolute atomic E-state index is 0.0328. The molecule has 1 aromatic rings. The minimum atomic E-state index is -4.43. The molecule has 0 atom stereocenters. The summed E-state index contributed by atoms with van der Waals surface area (Å²) in [7, 11) is 1.48. The Hall–Kier alpha value is -1.24. The zero-order valence-electron chi connectivity index (χ0n) is 9.57. The highest BCUT2D eigenvalue weighted by Gasteiger charge is 2.33. The first-order valence-corrected chi connectivity index (χ1v) is 5.95. The summed E-state index contributed by atoms with van der Waals surface area (Å²) in [6.45, 7) is 0.143. The molecule has 0 heterocycles. The molecule has 1 aromatic carbocycles. The van der Waals surface area contributed by atoms with Gasteiger partial charge in [0.05, 0.1) is 5.56 Å². The van der Waals surface area contributed by atoms with E-state index in [1.165, 1.54) is 19.2 Å². The van der Waals surface area contributed by atoms with Crippen molar-refractivity contribution in [3.05, 3.63) is 28.2 Å². The molecule has 1 rings (SSSR count). The summed E-state index contributed by atoms with van der Waals surface area (Å²) in [5.74, 6) is -0.229. The molecule has 3 nitrogen and oxygen atoms in total. The number of carbonyl (C=O) groups is 1. The van der Waals surface area contributed by atoms with E-state index in [9.17, 15) is 18.0 Å². The number of nitrogens with one attached hydrogen (secondary N) is 2. The third-order valence-corrected chi connectivity index (χ3v) is 2.73. The van der Waals surface area contributed by atoms with Crippen LogP contribution in [0.1, 0.15) is 12.0 Å². The van der Waals surface area contributed by atoms with Gasteiger partial charge in [-0.15, -0.1) is 0 Å². The largest absolute Gasteiger partial charge is 0.418 e. The number of carbonyl (C=O) groups excluding carboxylic acids is 1. The molecule has 0 saturated carbocycles. The van der Waals surface area contributed by atoms with Crippen LogP contribution in [0.5, 0.6) is 0 Å². The lowest BCUT2D eigenvalue weighted by atomic mass is 10.1. The van der Waals surface area contributed by atoms with Gasteiger partial charge in [0.2, 0.25) is 5.91 Å². The Morgan fingerprint density at radius 3 is 2.61 bits per heavy atom. The predicted octanol–water partition coefficient (Wildman–Crippen LogP) is 3.02. The van der Waals surface area contributed by atoms with Crippen LogP contribution in [0.25, 0.3) is 0 Å². The minimum Gasteiger partial charge on any atom is -0.384 e. The van der Waals surface area contributed by atoms with E-state index in [4.69, 9.17) is 0 Å². The van der Waals surface area contributed by atoms with Crippen LogP contribution < -0.4 is 10.6 Å². The SMILES string of the molecule is CNC(=O)CCNc1ccc(Br)cc1C(F)(F)F. The predicted molar refractivity (Wildman–Crippen MR) is 66.3 cm³/mol. The smallest absolute Gasteiger partial charge is 0.384 e. The zero-order valence-corrected chi connectivity index (χ0v) is 11.2. The van der Waals surface area contributed by atoms with Gasteiger partial charge < -0.3 is 10.6 Å². The van der Waals surface area contributed by atoms with E-state index in [1.807, 2.05) is 0 Å². The van der Waals surface area contributed by atoms with Crippen LogP contribution in [-0.4, -0.2) is 19.5 Å². The summed E-state index contributed by atoms with van der Waals surface area (Å²) in [6.07, 6.45) is -4.32. The standard InChI is InChI=1S/C11H12BrF3N2O/c1-16-10(18)4-5-17-9-3-2-7(12)6-8(9)11(13,14)15/h2-3,6,17H,4-5H2,1H3,(H,16,18). The molecule has 18 heavy (non-hydrogen) atoms. The van der Waals surface area contributed by atoms with Crippen LogP contribution in [0.15, 0.2) is 22.7 Å². The second-order valence-corrected chi connectivity index (χ2v) is 4.45. The van der Waals surface area contributed by atoms with Gasteiger partial charge in [0.15, 0.2) is 0 Å². The molecule has 7 heteroatoms. The van der Waals surface area contributed by atoms with E-state index >= 15 is 0 Å². The fourth-order valence-electron chi connectivity index (χ4n) is 1.34. The third kappa shape index (κ3) is 4.21. The Morgan fingerprint density at radius 2 is 2.06 bits per heavy atom. The summed E-state index contributed by atoms with van der Waals surface area (Å²) in [4.78, 5) is 11.0. The number of alkyl halides is 3. The van der Waals surface area contributed by atoms with Crippen molar-refractivity contribution in [3.8, 4) is 0 Å². The highest BCUT2D eigenvalue weighted by atomic mass is 79.9. The highest BCUT2D eigenvalue weighted by Crippen LogP contribution is 2.36. The first-order valence-electron chi connectivity index (χ1n) is 5.16. The first-order chi connectivity index (χ1) is 8.34. The molecule has 0 fully saturated rings. The van der Waals surface area contributed by atoms with Crippen LogP contribution in [0.2, 0.25) is 0 Å². The van der Waals surface area contributed by atoms with Crippen molar-refractivity contribution in [2.24, 2.45) is 0 Å². The maximum atomic E-state index is 12.7. The van der Waals surface area contributed by atoms with E-state index < -0.39 is 11.7 Å². The van der Waals surface area contributed by atoms with Gasteiger partial charge in [-0.3, -0.25) is 4.79 Å². The van der Waals surface area contributed by atoms with Crippen molar-refractivity contribution in [2.75, 3.05) is 18.9 Å². The van der Waals surface area contributed by atoms with Crippen molar-refractivity contribution in [1.82, 2.24) is 5.32 Å². The monoisotopic (exact) mass is 324 g/mol. The maximum Gasteiger partial charge on any atom is 0.418 e. The molecular weight excluding hydrogens is 313 g/mol. The van der Waals surface area contributed by atoms with Crippen molar-refractivity contribution in [2.45, 2.75) is 12.6 Å². The van der Waals surface area contributed by atoms with Crippen LogP contribution in [-0.2, 0) is 11.0 Å². The van der Waals surface area contributed by atoms with Gasteiger partial charge in [-0.1, -0.05) is 15.9 Å². The average Bonchev–Trinajstić information content (AvgIpc) is 2.29. The van der Waals surface area contributed by atoms with Gasteiger partial charge in [0.25, 0.3) is 0 Å². The molecule has 0 saturated heterocycles. The lowest BCUT2D eigenvalue weighted by Gasteiger charge is -2.14. The Balaban J connectivity index is 2.79. The molecule has 0 radical (unpaired) electrons. The topological polar surface area (TPSA) is 41.1 Å². The molecule has 0 aliphatic carbocycles. The fraction of sp³-hybridized carbons (Fsp3) is 0.364. The molecular formula is C11H12BrF3N2O. The summed E-state index contributed by atoms with van der Waals surface area (Å²) < 4.78 is 38.6. The van der Waals surface area contributed by atoms with E-state index in [-0.39, 0.29) is 24.6 Å². The molecule has 0 spiro atoms. The van der Waals surface area contributed by atoms with Crippen molar-refractivity contribution >= 4 is 27.5 Å². The third-order valence-electron chi connectivity index (χ3n) is 2.23. The molecule has 0 aromatic heterocycles. The van der Waals surface area contributed by atoms with Crippen LogP contribution in [0.3, 0.4) is 0 Å². The number of anilines is 1. The fourth-order valence-corrected chi connectivity index (χ4v) is 1.70. The summed E-state index contributed by atoms with van der Waals surface area (Å²) in [5.41, 5.74) is -0.789. The number of amides is 1. The Labute approximate surface area is 111 Å². The number of halogens is 4. The van der Waals surface area contributed by atoms with Crippen molar-refractivity contribution in [3.63, 3.8) is 0 Å². The molecule has 0 bridgehead atoms. The lowest BCUT2D eigenvalue weighted by molar-refractivity contribution is -0.137. The van der Waals surface area contributed by atoms with E-state index in [0.717, 1.165) is 6.07 Å². The molecule has 0 aliphatic heterocycles. The summed E-state index contributed by atoms with van der Waals surface area (Å²) in [6, 6.07) is 3.84. The Kier molecular flexibility index (Phi) is 5.01. The van der Waals surface area contributed by atoms with Crippen LogP contribution in [0, 0.1) is 0 Å². The van der Waals surface area contributed by atoms with Crippen LogP contribution in [0.4, 0.5) is 18.9 Å². The van der Waals surface area contributed by atoms with E-state index in [2.05, 4.69) is 26.6 Å². The second-order valence-electron chi connectivity index (χ2n) is 3.54. The molecule has 100 valence electrons. The molecule has 1 amide bonds. The van der Waals surface area contributed by atoms with Gasteiger partial charge >= 0.3 is 6.18 Å². The quantitative estimate of drug-likeness (QED) is 0.893. The molecule has 0 aliphatic rings. The number of hydrogen-bond donors (Lipinski definition) is 2. The average molecular weight is 325 g/mol. The van der Waals surface area contributed by atoms with Crippen molar-refractivity contribution in [1.29, 1.82) is 0 Å². The number of benzene rings is 1. The van der Waals surface area contributed by atoms with Gasteiger partial charge in [0.1, 0.15) is 0 Å². The Bertz CT molecular complexity index is 435. The van der Waals surface area contributed by atoms with Gasteiger partial charge in [-0.25, -0.2) is 0 Å². The number of rotatable bonds is 4. The van der Waals surface area contributed by atoms with Gasteiger partial charge in [-0.2, -0.15) is 13.2 Å². The summed E-state index contributed by atoms with van der Waals surface area (Å²) in [5, 5.41) is 5.01.